The topological polar surface area (TPSA) is 36.9 Å². The van der Waals surface area contributed by atoms with E-state index in [1.165, 1.54) is 31.4 Å². The van der Waals surface area contributed by atoms with E-state index in [0.717, 1.165) is 32.5 Å². The van der Waals surface area contributed by atoms with Crippen LogP contribution in [0.25, 0.3) is 0 Å². The van der Waals surface area contributed by atoms with Gasteiger partial charge in [0.25, 0.3) is 0 Å². The molecule has 0 aromatic heterocycles. The van der Waals surface area contributed by atoms with Crippen LogP contribution in [0.5, 0.6) is 0 Å². The number of fused-ring (bicyclic) bond motifs is 1. The zero-order chi connectivity index (χ0) is 20.6. The highest BCUT2D eigenvalue weighted by molar-refractivity contribution is 6.74. The van der Waals surface area contributed by atoms with Crippen molar-refractivity contribution in [3.63, 3.8) is 0 Å². The highest BCUT2D eigenvalue weighted by Gasteiger charge is 2.44. The number of allylic oxidation sites excluding steroid dienone is 2. The average Bonchev–Trinajstić information content (AvgIpc) is 2.82. The smallest absolute Gasteiger partial charge is 0.192 e. The van der Waals surface area contributed by atoms with Crippen LogP contribution in [-0.4, -0.2) is 47.0 Å². The van der Waals surface area contributed by atoms with Gasteiger partial charge in [0.15, 0.2) is 8.32 Å². The molecule has 0 N–H and O–H groups in total. The first-order valence-corrected chi connectivity index (χ1v) is 14.3. The van der Waals surface area contributed by atoms with E-state index in [4.69, 9.17) is 18.6 Å². The van der Waals surface area contributed by atoms with Gasteiger partial charge in [0.05, 0.1) is 25.1 Å². The first-order valence-electron chi connectivity index (χ1n) is 11.4. The molecule has 164 valence electrons. The van der Waals surface area contributed by atoms with Crippen molar-refractivity contribution in [3.8, 4) is 0 Å². The molecule has 5 heteroatoms. The molecule has 1 aliphatic heterocycles. The lowest BCUT2D eigenvalue weighted by Crippen LogP contribution is -2.49. The molecule has 0 bridgehead atoms. The fourth-order valence-corrected chi connectivity index (χ4v) is 5.36. The van der Waals surface area contributed by atoms with E-state index in [-0.39, 0.29) is 5.04 Å². The van der Waals surface area contributed by atoms with Crippen molar-refractivity contribution in [1.82, 2.24) is 0 Å². The van der Waals surface area contributed by atoms with Crippen LogP contribution in [0.3, 0.4) is 0 Å². The van der Waals surface area contributed by atoms with Crippen molar-refractivity contribution in [2.24, 2.45) is 5.92 Å². The summed E-state index contributed by atoms with van der Waals surface area (Å²) in [5.41, 5.74) is 0. The van der Waals surface area contributed by atoms with Crippen LogP contribution in [-0.2, 0) is 18.6 Å². The minimum Gasteiger partial charge on any atom is -0.495 e. The maximum absolute atomic E-state index is 6.85. The van der Waals surface area contributed by atoms with Gasteiger partial charge in [0.2, 0.25) is 0 Å². The average molecular weight is 413 g/mol. The van der Waals surface area contributed by atoms with Gasteiger partial charge in [0, 0.05) is 25.6 Å². The second kappa shape index (κ2) is 11.1. The Labute approximate surface area is 174 Å². The summed E-state index contributed by atoms with van der Waals surface area (Å²) in [7, 11) is -1.74. The van der Waals surface area contributed by atoms with E-state index in [1.54, 1.807) is 0 Å². The molecule has 1 saturated carbocycles. The van der Waals surface area contributed by atoms with E-state index < -0.39 is 8.32 Å². The van der Waals surface area contributed by atoms with Gasteiger partial charge in [-0.25, -0.2) is 0 Å². The lowest BCUT2D eigenvalue weighted by atomic mass is 9.81. The molecule has 0 spiro atoms. The van der Waals surface area contributed by atoms with Crippen LogP contribution in [0.1, 0.15) is 72.6 Å². The summed E-state index contributed by atoms with van der Waals surface area (Å²) in [5, 5.41) is 0.261. The molecule has 0 amide bonds. The third-order valence-corrected chi connectivity index (χ3v) is 11.2. The minimum atomic E-state index is -1.74. The molecule has 2 rings (SSSR count). The van der Waals surface area contributed by atoms with Gasteiger partial charge in [-0.3, -0.25) is 0 Å². The quantitative estimate of drug-likeness (QED) is 0.322. The predicted octanol–water partition coefficient (Wildman–Crippen LogP) is 6.07. The largest absolute Gasteiger partial charge is 0.495 e. The van der Waals surface area contributed by atoms with Gasteiger partial charge in [-0.05, 0) is 69.7 Å². The molecule has 28 heavy (non-hydrogen) atoms. The molecule has 2 aliphatic rings. The van der Waals surface area contributed by atoms with Crippen LogP contribution in [0.15, 0.2) is 11.8 Å². The van der Waals surface area contributed by atoms with Gasteiger partial charge in [-0.15, -0.1) is 0 Å². The third kappa shape index (κ3) is 7.15. The van der Waals surface area contributed by atoms with Crippen LogP contribution >= 0.6 is 0 Å². The van der Waals surface area contributed by atoms with Crippen molar-refractivity contribution >= 4 is 8.32 Å². The van der Waals surface area contributed by atoms with Gasteiger partial charge in [-0.1, -0.05) is 20.8 Å². The first-order chi connectivity index (χ1) is 13.2. The number of ether oxygens (including phenoxy) is 3. The highest BCUT2D eigenvalue weighted by atomic mass is 28.4. The Balaban J connectivity index is 1.81. The summed E-state index contributed by atoms with van der Waals surface area (Å²) in [4.78, 5) is 0. The Bertz CT molecular complexity index is 483. The Hall–Kier alpha value is -0.363. The van der Waals surface area contributed by atoms with Crippen molar-refractivity contribution in [2.75, 3.05) is 26.4 Å². The summed E-state index contributed by atoms with van der Waals surface area (Å²) in [6, 6.07) is 0. The van der Waals surface area contributed by atoms with E-state index in [9.17, 15) is 0 Å². The summed E-state index contributed by atoms with van der Waals surface area (Å²) < 4.78 is 24.3. The van der Waals surface area contributed by atoms with Gasteiger partial charge < -0.3 is 18.6 Å². The number of hydrogen-bond donors (Lipinski definition) is 0. The van der Waals surface area contributed by atoms with Crippen molar-refractivity contribution in [2.45, 2.75) is 103 Å². The molecule has 4 nitrogen and oxygen atoms in total. The molecule has 1 heterocycles. The van der Waals surface area contributed by atoms with Crippen molar-refractivity contribution < 1.29 is 18.6 Å². The third-order valence-electron chi connectivity index (χ3n) is 6.65. The minimum absolute atomic E-state index is 0.261. The molecular formula is C23H44O4Si. The molecule has 3 atom stereocenters. The van der Waals surface area contributed by atoms with E-state index in [1.807, 2.05) is 6.92 Å². The van der Waals surface area contributed by atoms with E-state index in [0.29, 0.717) is 31.3 Å². The molecule has 0 saturated heterocycles. The summed E-state index contributed by atoms with van der Waals surface area (Å²) in [6.07, 6.45) is 10.9. The van der Waals surface area contributed by atoms with E-state index >= 15 is 0 Å². The molecule has 0 aromatic carbocycles. The van der Waals surface area contributed by atoms with Crippen molar-refractivity contribution in [1.29, 1.82) is 0 Å². The fourth-order valence-electron chi connectivity index (χ4n) is 3.96. The predicted molar refractivity (Wildman–Crippen MR) is 118 cm³/mol. The SMILES string of the molecule is CCOCCOCCCC1=CCC[C@H]2C(O[Si](C)(C)C(C)(C)C)CCC[C@@H]2O1. The second-order valence-electron chi connectivity index (χ2n) is 9.83. The molecular weight excluding hydrogens is 368 g/mol. The first kappa shape index (κ1) is 23.9. The summed E-state index contributed by atoms with van der Waals surface area (Å²) in [6.45, 7) is 16.7. The molecule has 0 radical (unpaired) electrons. The van der Waals surface area contributed by atoms with Crippen LogP contribution in [0.4, 0.5) is 0 Å². The molecule has 1 fully saturated rings. The van der Waals surface area contributed by atoms with Crippen LogP contribution in [0, 0.1) is 5.92 Å². The highest BCUT2D eigenvalue weighted by Crippen LogP contribution is 2.43. The standard InChI is InChI=1S/C23H44O4Si/c1-7-24-17-18-25-16-10-12-19-11-8-13-20-21(26-19)14-9-15-22(20)27-28(5,6)23(2,3)4/h11,20-22H,7-10,12-18H2,1-6H3/t20-,21+,22?/m1/s1. The summed E-state index contributed by atoms with van der Waals surface area (Å²) >= 11 is 0. The van der Waals surface area contributed by atoms with Gasteiger partial charge >= 0.3 is 0 Å². The van der Waals surface area contributed by atoms with Gasteiger partial charge in [-0.2, -0.15) is 0 Å². The van der Waals surface area contributed by atoms with Crippen LogP contribution in [0.2, 0.25) is 18.1 Å². The summed E-state index contributed by atoms with van der Waals surface area (Å²) in [5.74, 6) is 1.72. The van der Waals surface area contributed by atoms with Crippen molar-refractivity contribution in [3.05, 3.63) is 11.8 Å². The molecule has 1 unspecified atom stereocenters. The zero-order valence-corrected chi connectivity index (χ0v) is 20.2. The lowest BCUT2D eigenvalue weighted by molar-refractivity contribution is -0.0348. The Morgan fingerprint density at radius 2 is 1.82 bits per heavy atom. The monoisotopic (exact) mass is 412 g/mol. The Kier molecular flexibility index (Phi) is 9.52. The second-order valence-corrected chi connectivity index (χ2v) is 14.6. The van der Waals surface area contributed by atoms with E-state index in [2.05, 4.69) is 39.9 Å². The fraction of sp³-hybridized carbons (Fsp3) is 0.913. The number of rotatable bonds is 10. The zero-order valence-electron chi connectivity index (χ0n) is 19.2. The van der Waals surface area contributed by atoms with Gasteiger partial charge in [0.1, 0.15) is 6.10 Å². The Morgan fingerprint density at radius 1 is 1.07 bits per heavy atom. The maximum Gasteiger partial charge on any atom is 0.192 e. The lowest BCUT2D eigenvalue weighted by Gasteiger charge is -2.45. The molecule has 0 aromatic rings. The number of hydrogen-bond acceptors (Lipinski definition) is 4. The Morgan fingerprint density at radius 3 is 2.54 bits per heavy atom. The normalized spacial score (nSPS) is 26.2. The molecule has 1 aliphatic carbocycles. The van der Waals surface area contributed by atoms with Crippen LogP contribution < -0.4 is 0 Å². The maximum atomic E-state index is 6.85.